The maximum atomic E-state index is 12.0. The van der Waals surface area contributed by atoms with Crippen molar-refractivity contribution in [3.8, 4) is 0 Å². The number of rotatable bonds is 2. The van der Waals surface area contributed by atoms with Crippen molar-refractivity contribution in [2.45, 2.75) is 0 Å². The fraction of sp³-hybridized carbons (Fsp3) is 0.111. The van der Waals surface area contributed by atoms with Gasteiger partial charge in [-0.25, -0.2) is 0 Å². The van der Waals surface area contributed by atoms with Crippen molar-refractivity contribution < 1.29 is 4.79 Å². The number of halogens is 2. The molecule has 0 bridgehead atoms. The van der Waals surface area contributed by atoms with Crippen LogP contribution in [0.2, 0.25) is 0 Å². The van der Waals surface area contributed by atoms with Gasteiger partial charge in [0.05, 0.1) is 13.1 Å². The normalized spacial score (nSPS) is 10.6. The summed E-state index contributed by atoms with van der Waals surface area (Å²) in [5.74, 6) is -0.0653. The van der Waals surface area contributed by atoms with Crippen molar-refractivity contribution in [1.82, 2.24) is 9.78 Å². The number of hydrogen-bond donors (Lipinski definition) is 0. The number of thiophene rings is 1. The molecule has 2 rings (SSSR count). The smallest absolute Gasteiger partial charge is 0.215 e. The molecule has 0 aliphatic carbocycles. The molecule has 0 fully saturated rings. The van der Waals surface area contributed by atoms with Crippen LogP contribution in [0, 0.1) is 0 Å². The van der Waals surface area contributed by atoms with Gasteiger partial charge < -0.3 is 0 Å². The van der Waals surface area contributed by atoms with E-state index in [-0.39, 0.29) is 5.78 Å². The zero-order valence-corrected chi connectivity index (χ0v) is 11.7. The van der Waals surface area contributed by atoms with E-state index in [0.29, 0.717) is 11.3 Å². The molecule has 2 aromatic rings. The Labute approximate surface area is 107 Å². The van der Waals surface area contributed by atoms with Crippen molar-refractivity contribution in [2.24, 2.45) is 7.05 Å². The van der Waals surface area contributed by atoms with E-state index in [1.54, 1.807) is 30.1 Å². The van der Waals surface area contributed by atoms with Gasteiger partial charge in [-0.2, -0.15) is 5.10 Å². The summed E-state index contributed by atoms with van der Waals surface area (Å²) in [6, 6.07) is 3.51. The minimum atomic E-state index is -0.0653. The van der Waals surface area contributed by atoms with Crippen LogP contribution in [0.3, 0.4) is 0 Å². The summed E-state index contributed by atoms with van der Waals surface area (Å²) in [5, 5.41) is 4.07. The average Bonchev–Trinajstić information content (AvgIpc) is 2.71. The second kappa shape index (κ2) is 4.19. The topological polar surface area (TPSA) is 34.9 Å². The van der Waals surface area contributed by atoms with Crippen LogP contribution in [0.4, 0.5) is 0 Å². The first-order valence-corrected chi connectivity index (χ1v) is 6.47. The molecular weight excluding hydrogens is 344 g/mol. The summed E-state index contributed by atoms with van der Waals surface area (Å²) in [4.78, 5) is 12.0. The van der Waals surface area contributed by atoms with Gasteiger partial charge in [0.1, 0.15) is 5.69 Å². The number of carbonyl (C=O) groups is 1. The van der Waals surface area contributed by atoms with Gasteiger partial charge in [-0.3, -0.25) is 9.48 Å². The van der Waals surface area contributed by atoms with Gasteiger partial charge in [-0.05, 0) is 44.0 Å². The zero-order chi connectivity index (χ0) is 11.0. The number of hydrogen-bond acceptors (Lipinski definition) is 3. The molecule has 78 valence electrons. The van der Waals surface area contributed by atoms with Crippen LogP contribution < -0.4 is 0 Å². The highest BCUT2D eigenvalue weighted by molar-refractivity contribution is 9.12. The Hall–Kier alpha value is -0.460. The Bertz CT molecular complexity index is 518. The lowest BCUT2D eigenvalue weighted by molar-refractivity contribution is 0.103. The molecule has 0 N–H and O–H groups in total. The molecule has 0 saturated heterocycles. The number of aryl methyl sites for hydroxylation is 1. The van der Waals surface area contributed by atoms with E-state index in [4.69, 9.17) is 0 Å². The van der Waals surface area contributed by atoms with Crippen molar-refractivity contribution >= 4 is 49.0 Å². The van der Waals surface area contributed by atoms with Crippen molar-refractivity contribution in [1.29, 1.82) is 0 Å². The summed E-state index contributed by atoms with van der Waals surface area (Å²) < 4.78 is 3.36. The first-order chi connectivity index (χ1) is 7.08. The first-order valence-electron chi connectivity index (χ1n) is 4.07. The molecule has 0 saturated carbocycles. The summed E-state index contributed by atoms with van der Waals surface area (Å²) in [6.07, 6.45) is 1.75. The second-order valence-electron chi connectivity index (χ2n) is 2.94. The zero-order valence-electron chi connectivity index (χ0n) is 7.70. The summed E-state index contributed by atoms with van der Waals surface area (Å²) >= 11 is 8.17. The molecule has 6 heteroatoms. The minimum absolute atomic E-state index is 0.0653. The molecule has 0 aliphatic rings. The highest BCUT2D eigenvalue weighted by atomic mass is 79.9. The number of ketones is 1. The second-order valence-corrected chi connectivity index (χ2v) is 6.69. The van der Waals surface area contributed by atoms with E-state index >= 15 is 0 Å². The largest absolute Gasteiger partial charge is 0.287 e. The highest BCUT2D eigenvalue weighted by Crippen LogP contribution is 2.32. The van der Waals surface area contributed by atoms with Gasteiger partial charge in [0, 0.05) is 13.2 Å². The Balaban J connectivity index is 2.40. The first kappa shape index (κ1) is 11.0. The van der Waals surface area contributed by atoms with Gasteiger partial charge >= 0.3 is 0 Å². The number of nitrogens with zero attached hydrogens (tertiary/aromatic N) is 2. The quantitative estimate of drug-likeness (QED) is 0.780. The molecule has 3 nitrogen and oxygen atoms in total. The molecule has 0 aromatic carbocycles. The molecule has 0 amide bonds. The van der Waals surface area contributed by atoms with E-state index in [1.165, 1.54) is 11.3 Å². The van der Waals surface area contributed by atoms with Crippen molar-refractivity contribution in [2.75, 3.05) is 0 Å². The third-order valence-corrected chi connectivity index (χ3v) is 4.19. The lowest BCUT2D eigenvalue weighted by Crippen LogP contribution is -2.02. The van der Waals surface area contributed by atoms with Crippen LogP contribution in [0.1, 0.15) is 16.1 Å². The van der Waals surface area contributed by atoms with E-state index < -0.39 is 0 Å². The minimum Gasteiger partial charge on any atom is -0.287 e. The average molecular weight is 350 g/mol. The molecule has 0 spiro atoms. The van der Waals surface area contributed by atoms with E-state index in [9.17, 15) is 4.79 Å². The van der Waals surface area contributed by atoms with Gasteiger partial charge in [-0.1, -0.05) is 0 Å². The maximum absolute atomic E-state index is 12.0. The third-order valence-electron chi connectivity index (χ3n) is 1.85. The molecule has 0 atom stereocenters. The maximum Gasteiger partial charge on any atom is 0.215 e. The van der Waals surface area contributed by atoms with Crippen molar-refractivity contribution in [3.63, 3.8) is 0 Å². The molecule has 0 unspecified atom stereocenters. The molecule has 15 heavy (non-hydrogen) atoms. The van der Waals surface area contributed by atoms with Crippen LogP contribution in [-0.4, -0.2) is 15.6 Å². The van der Waals surface area contributed by atoms with Gasteiger partial charge in [0.25, 0.3) is 0 Å². The lowest BCUT2D eigenvalue weighted by atomic mass is 10.2. The molecule has 2 aromatic heterocycles. The standard InChI is InChI=1S/C9H6Br2N2OS/c1-13-3-2-6(12-13)8(14)5-4-7(10)15-9(5)11/h2-4H,1H3. The highest BCUT2D eigenvalue weighted by Gasteiger charge is 2.17. The monoisotopic (exact) mass is 348 g/mol. The summed E-state index contributed by atoms with van der Waals surface area (Å²) in [6.45, 7) is 0. The molecular formula is C9H6Br2N2OS. The van der Waals surface area contributed by atoms with Gasteiger partial charge in [0.15, 0.2) is 0 Å². The predicted molar refractivity (Wildman–Crippen MR) is 66.4 cm³/mol. The number of aromatic nitrogens is 2. The van der Waals surface area contributed by atoms with Crippen LogP contribution in [0.25, 0.3) is 0 Å². The van der Waals surface area contributed by atoms with Gasteiger partial charge in [0.2, 0.25) is 5.78 Å². The predicted octanol–water partition coefficient (Wildman–Crippen LogP) is 3.24. The Morgan fingerprint density at radius 1 is 1.53 bits per heavy atom. The Kier molecular flexibility index (Phi) is 3.08. The van der Waals surface area contributed by atoms with E-state index in [1.807, 2.05) is 0 Å². The Morgan fingerprint density at radius 3 is 2.73 bits per heavy atom. The fourth-order valence-electron chi connectivity index (χ4n) is 1.17. The van der Waals surface area contributed by atoms with Crippen LogP contribution >= 0.6 is 43.2 Å². The summed E-state index contributed by atoms with van der Waals surface area (Å²) in [5.41, 5.74) is 1.11. The fourth-order valence-corrected chi connectivity index (χ4v) is 3.96. The third kappa shape index (κ3) is 2.21. The molecule has 0 aliphatic heterocycles. The molecule has 2 heterocycles. The Morgan fingerprint density at radius 2 is 2.27 bits per heavy atom. The SMILES string of the molecule is Cn1ccc(C(=O)c2cc(Br)sc2Br)n1. The van der Waals surface area contributed by atoms with E-state index in [0.717, 1.165) is 7.57 Å². The van der Waals surface area contributed by atoms with Crippen molar-refractivity contribution in [3.05, 3.63) is 37.2 Å². The van der Waals surface area contributed by atoms with Crippen LogP contribution in [0.5, 0.6) is 0 Å². The lowest BCUT2D eigenvalue weighted by Gasteiger charge is -1.93. The van der Waals surface area contributed by atoms with Gasteiger partial charge in [-0.15, -0.1) is 11.3 Å². The van der Waals surface area contributed by atoms with Crippen LogP contribution in [-0.2, 0) is 7.05 Å². The molecule has 0 radical (unpaired) electrons. The number of carbonyl (C=O) groups excluding carboxylic acids is 1. The van der Waals surface area contributed by atoms with E-state index in [2.05, 4.69) is 37.0 Å². The summed E-state index contributed by atoms with van der Waals surface area (Å²) in [7, 11) is 1.79. The van der Waals surface area contributed by atoms with Crippen LogP contribution in [0.15, 0.2) is 25.9 Å².